The molecule has 0 saturated heterocycles. The van der Waals surface area contributed by atoms with E-state index in [1.165, 1.54) is 54.4 Å². The highest BCUT2D eigenvalue weighted by molar-refractivity contribution is 5.26. The van der Waals surface area contributed by atoms with Gasteiger partial charge in [0.05, 0.1) is 0 Å². The number of rotatable bonds is 7. The molecule has 140 valence electrons. The molecule has 0 bridgehead atoms. The molecule has 0 radical (unpaired) electrons. The Hall–Kier alpha value is -2.30. The van der Waals surface area contributed by atoms with Crippen LogP contribution < -0.4 is 0 Å². The van der Waals surface area contributed by atoms with E-state index in [0.717, 1.165) is 25.2 Å². The molecule has 0 spiro atoms. The van der Waals surface area contributed by atoms with Crippen LogP contribution >= 0.6 is 0 Å². The number of hydrogen-bond donors (Lipinski definition) is 0. The highest BCUT2D eigenvalue weighted by Gasteiger charge is 2.17. The van der Waals surface area contributed by atoms with Gasteiger partial charge in [0.1, 0.15) is 0 Å². The van der Waals surface area contributed by atoms with E-state index in [2.05, 4.69) is 85.5 Å². The van der Waals surface area contributed by atoms with Crippen LogP contribution in [0, 0.1) is 0 Å². The molecule has 0 nitrogen and oxygen atoms in total. The molecule has 0 atom stereocenters. The van der Waals surface area contributed by atoms with Crippen molar-refractivity contribution in [2.24, 2.45) is 0 Å². The maximum atomic E-state index is 3.80. The highest BCUT2D eigenvalue weighted by Crippen LogP contribution is 2.35. The lowest BCUT2D eigenvalue weighted by Crippen LogP contribution is -2.06. The lowest BCUT2D eigenvalue weighted by molar-refractivity contribution is 0.517. The molecule has 0 amide bonds. The van der Waals surface area contributed by atoms with Gasteiger partial charge in [-0.1, -0.05) is 86.2 Å². The zero-order valence-corrected chi connectivity index (χ0v) is 16.7. The van der Waals surface area contributed by atoms with Gasteiger partial charge in [-0.2, -0.15) is 0 Å². The van der Waals surface area contributed by atoms with Gasteiger partial charge < -0.3 is 0 Å². The average Bonchev–Trinajstić information content (AvgIpc) is 2.74. The van der Waals surface area contributed by atoms with Gasteiger partial charge in [0.25, 0.3) is 0 Å². The molecule has 0 unspecified atom stereocenters. The summed E-state index contributed by atoms with van der Waals surface area (Å²) in [6.45, 7) is 2.24. The number of allylic oxidation sites excluding steroid dienone is 3. The molecule has 1 saturated carbocycles. The molecule has 3 rings (SSSR count). The van der Waals surface area contributed by atoms with E-state index in [-0.39, 0.29) is 0 Å². The van der Waals surface area contributed by atoms with Crippen molar-refractivity contribution in [3.05, 3.63) is 101 Å². The fourth-order valence-corrected chi connectivity index (χ4v) is 3.88. The van der Waals surface area contributed by atoms with Crippen LogP contribution in [-0.2, 0) is 6.42 Å². The molecule has 1 aliphatic carbocycles. The Morgan fingerprint density at radius 2 is 1.63 bits per heavy atom. The van der Waals surface area contributed by atoms with Gasteiger partial charge >= 0.3 is 0 Å². The van der Waals surface area contributed by atoms with Gasteiger partial charge in [0.2, 0.25) is 0 Å². The standard InChI is InChI=1S/C27H32/c1-2-3-6-13-24(17-16-23-11-7-4-8-12-23)22-25-18-20-27(21-19-25)26-14-9-5-10-15-26/h4-15,27H,2-3,16-21H2,1H3/b13-6+. The van der Waals surface area contributed by atoms with Crippen molar-refractivity contribution in [2.75, 3.05) is 0 Å². The maximum absolute atomic E-state index is 3.80. The lowest BCUT2D eigenvalue weighted by atomic mass is 9.81. The molecule has 0 aromatic heterocycles. The van der Waals surface area contributed by atoms with E-state index in [0.29, 0.717) is 0 Å². The van der Waals surface area contributed by atoms with Gasteiger partial charge in [-0.3, -0.25) is 0 Å². The van der Waals surface area contributed by atoms with Crippen LogP contribution in [0.5, 0.6) is 0 Å². The quantitative estimate of drug-likeness (QED) is 0.351. The second-order valence-corrected chi connectivity index (χ2v) is 7.62. The Kier molecular flexibility index (Phi) is 7.75. The van der Waals surface area contributed by atoms with E-state index in [1.54, 1.807) is 0 Å². The van der Waals surface area contributed by atoms with E-state index < -0.39 is 0 Å². The summed E-state index contributed by atoms with van der Waals surface area (Å²) in [5, 5.41) is 0. The van der Waals surface area contributed by atoms with Crippen LogP contribution in [0.25, 0.3) is 0 Å². The fraction of sp³-hybridized carbons (Fsp3) is 0.370. The molecule has 0 heteroatoms. The summed E-state index contributed by atoms with van der Waals surface area (Å²) in [7, 11) is 0. The zero-order chi connectivity index (χ0) is 18.7. The Morgan fingerprint density at radius 1 is 0.963 bits per heavy atom. The van der Waals surface area contributed by atoms with E-state index >= 15 is 0 Å². The second-order valence-electron chi connectivity index (χ2n) is 7.62. The minimum Gasteiger partial charge on any atom is -0.118 e. The summed E-state index contributed by atoms with van der Waals surface area (Å²) in [6, 6.07) is 21.8. The predicted octanol–water partition coefficient (Wildman–Crippen LogP) is 7.79. The first-order valence-corrected chi connectivity index (χ1v) is 10.6. The zero-order valence-electron chi connectivity index (χ0n) is 16.7. The average molecular weight is 357 g/mol. The van der Waals surface area contributed by atoms with Crippen LogP contribution in [-0.4, -0.2) is 0 Å². The monoisotopic (exact) mass is 356 g/mol. The van der Waals surface area contributed by atoms with Crippen molar-refractivity contribution in [1.29, 1.82) is 0 Å². The van der Waals surface area contributed by atoms with E-state index in [9.17, 15) is 0 Å². The van der Waals surface area contributed by atoms with Crippen LogP contribution in [0.4, 0.5) is 0 Å². The van der Waals surface area contributed by atoms with Gasteiger partial charge in [-0.05, 0) is 73.1 Å². The molecular weight excluding hydrogens is 324 g/mol. The highest BCUT2D eigenvalue weighted by atomic mass is 14.2. The number of aryl methyl sites for hydroxylation is 1. The number of hydrogen-bond acceptors (Lipinski definition) is 0. The first kappa shape index (κ1) is 19.5. The van der Waals surface area contributed by atoms with Crippen molar-refractivity contribution in [3.8, 4) is 0 Å². The van der Waals surface area contributed by atoms with Crippen molar-refractivity contribution in [3.63, 3.8) is 0 Å². The van der Waals surface area contributed by atoms with Crippen LogP contribution in [0.1, 0.15) is 68.9 Å². The third-order valence-corrected chi connectivity index (χ3v) is 5.50. The molecule has 1 fully saturated rings. The minimum absolute atomic E-state index is 0.722. The molecule has 0 aliphatic heterocycles. The third-order valence-electron chi connectivity index (χ3n) is 5.50. The summed E-state index contributed by atoms with van der Waals surface area (Å²) in [5.41, 5.74) is 9.62. The minimum atomic E-state index is 0.722. The van der Waals surface area contributed by atoms with Gasteiger partial charge in [0, 0.05) is 0 Å². The van der Waals surface area contributed by atoms with Crippen LogP contribution in [0.3, 0.4) is 0 Å². The Labute approximate surface area is 165 Å². The summed E-state index contributed by atoms with van der Waals surface area (Å²) >= 11 is 0. The Morgan fingerprint density at radius 3 is 2.30 bits per heavy atom. The van der Waals surface area contributed by atoms with Crippen molar-refractivity contribution < 1.29 is 0 Å². The second kappa shape index (κ2) is 10.8. The van der Waals surface area contributed by atoms with Gasteiger partial charge in [-0.25, -0.2) is 0 Å². The van der Waals surface area contributed by atoms with Crippen LogP contribution in [0.2, 0.25) is 0 Å². The van der Waals surface area contributed by atoms with E-state index in [1.807, 2.05) is 0 Å². The SMILES string of the molecule is CCC/C=C/C(=C=C1CCC(c2ccccc2)CC1)CCc1ccccc1. The van der Waals surface area contributed by atoms with Gasteiger partial charge in [0.15, 0.2) is 0 Å². The van der Waals surface area contributed by atoms with Crippen molar-refractivity contribution in [1.82, 2.24) is 0 Å². The Balaban J connectivity index is 1.68. The smallest absolute Gasteiger partial charge is 0.00607 e. The first-order valence-electron chi connectivity index (χ1n) is 10.6. The molecular formula is C27H32. The molecule has 0 N–H and O–H groups in total. The number of benzene rings is 2. The normalized spacial score (nSPS) is 17.1. The van der Waals surface area contributed by atoms with Crippen molar-refractivity contribution in [2.45, 2.75) is 64.2 Å². The maximum Gasteiger partial charge on any atom is -0.00607 e. The third kappa shape index (κ3) is 6.42. The van der Waals surface area contributed by atoms with Crippen LogP contribution in [0.15, 0.2) is 89.7 Å². The Bertz CT molecular complexity index is 763. The molecule has 0 heterocycles. The largest absolute Gasteiger partial charge is 0.118 e. The molecule has 27 heavy (non-hydrogen) atoms. The predicted molar refractivity (Wildman–Crippen MR) is 117 cm³/mol. The van der Waals surface area contributed by atoms with E-state index in [4.69, 9.17) is 0 Å². The summed E-state index contributed by atoms with van der Waals surface area (Å²) in [4.78, 5) is 0. The number of unbranched alkanes of at least 4 members (excludes halogenated alkanes) is 1. The fourth-order valence-electron chi connectivity index (χ4n) is 3.88. The topological polar surface area (TPSA) is 0 Å². The van der Waals surface area contributed by atoms with Gasteiger partial charge in [-0.15, -0.1) is 5.73 Å². The van der Waals surface area contributed by atoms with Crippen molar-refractivity contribution >= 4 is 0 Å². The summed E-state index contributed by atoms with van der Waals surface area (Å²) in [5.74, 6) is 0.722. The molecule has 2 aromatic carbocycles. The lowest BCUT2D eigenvalue weighted by Gasteiger charge is -2.23. The molecule has 2 aromatic rings. The first-order chi connectivity index (χ1) is 13.3. The summed E-state index contributed by atoms with van der Waals surface area (Å²) < 4.78 is 0. The summed E-state index contributed by atoms with van der Waals surface area (Å²) in [6.07, 6.45) is 14.1. The molecule has 1 aliphatic rings.